The van der Waals surface area contributed by atoms with Gasteiger partial charge in [-0.05, 0) is 18.1 Å². The highest BCUT2D eigenvalue weighted by molar-refractivity contribution is 6.22. The Hall–Kier alpha value is -2.43. The van der Waals surface area contributed by atoms with E-state index < -0.39 is 6.04 Å². The van der Waals surface area contributed by atoms with E-state index in [1.54, 1.807) is 23.3 Å². The average Bonchev–Trinajstić information content (AvgIpc) is 3.07. The first kappa shape index (κ1) is 12.6. The molecule has 1 saturated heterocycles. The van der Waals surface area contributed by atoms with Gasteiger partial charge in [-0.1, -0.05) is 25.1 Å². The summed E-state index contributed by atoms with van der Waals surface area (Å²) < 4.78 is 1.69. The van der Waals surface area contributed by atoms with Gasteiger partial charge in [0.2, 0.25) is 5.91 Å². The van der Waals surface area contributed by atoms with Gasteiger partial charge in [-0.3, -0.25) is 9.59 Å². The molecule has 0 radical (unpaired) electrons. The largest absolute Gasteiger partial charge is 0.324 e. The monoisotopic (exact) mass is 269 g/mol. The Balaban J connectivity index is 1.99. The van der Waals surface area contributed by atoms with Crippen molar-refractivity contribution < 1.29 is 9.59 Å². The SMILES string of the molecule is CCc1ccccc1N1C(=O)CC(n2ccnc2)C1=O. The second-order valence-corrected chi connectivity index (χ2v) is 4.78. The van der Waals surface area contributed by atoms with Gasteiger partial charge < -0.3 is 4.57 Å². The summed E-state index contributed by atoms with van der Waals surface area (Å²) in [4.78, 5) is 30.0. The van der Waals surface area contributed by atoms with Crippen LogP contribution < -0.4 is 4.90 Å². The van der Waals surface area contributed by atoms with Crippen molar-refractivity contribution in [2.75, 3.05) is 4.90 Å². The molecule has 5 nitrogen and oxygen atoms in total. The summed E-state index contributed by atoms with van der Waals surface area (Å²) in [6.45, 7) is 2.01. The first-order valence-corrected chi connectivity index (χ1v) is 6.64. The van der Waals surface area contributed by atoms with Crippen LogP contribution in [-0.2, 0) is 16.0 Å². The van der Waals surface area contributed by atoms with Crippen molar-refractivity contribution in [3.05, 3.63) is 48.5 Å². The molecule has 0 bridgehead atoms. The van der Waals surface area contributed by atoms with E-state index in [9.17, 15) is 9.59 Å². The number of nitrogens with zero attached hydrogens (tertiary/aromatic N) is 3. The molecule has 0 aliphatic carbocycles. The summed E-state index contributed by atoms with van der Waals surface area (Å²) in [5.74, 6) is -0.344. The van der Waals surface area contributed by atoms with Crippen LogP contribution in [0.3, 0.4) is 0 Å². The number of aryl methyl sites for hydroxylation is 1. The Morgan fingerprint density at radius 2 is 2.10 bits per heavy atom. The number of imide groups is 1. The van der Waals surface area contributed by atoms with Crippen molar-refractivity contribution in [2.45, 2.75) is 25.8 Å². The number of anilines is 1. The second-order valence-electron chi connectivity index (χ2n) is 4.78. The zero-order valence-electron chi connectivity index (χ0n) is 11.2. The standard InChI is InChI=1S/C15H15N3O2/c1-2-11-5-3-4-6-12(11)18-14(19)9-13(15(18)20)17-8-7-16-10-17/h3-8,10,13H,2,9H2,1H3. The molecular formula is C15H15N3O2. The molecule has 2 heterocycles. The minimum Gasteiger partial charge on any atom is -0.324 e. The van der Waals surface area contributed by atoms with Crippen LogP contribution in [0.5, 0.6) is 0 Å². The van der Waals surface area contributed by atoms with Crippen LogP contribution in [0.2, 0.25) is 0 Å². The maximum atomic E-state index is 12.5. The minimum absolute atomic E-state index is 0.158. The van der Waals surface area contributed by atoms with Crippen molar-refractivity contribution >= 4 is 17.5 Å². The number of carbonyl (C=O) groups is 2. The highest BCUT2D eigenvalue weighted by atomic mass is 16.2. The lowest BCUT2D eigenvalue weighted by Gasteiger charge is -2.18. The van der Waals surface area contributed by atoms with E-state index in [0.717, 1.165) is 12.0 Å². The van der Waals surface area contributed by atoms with Crippen molar-refractivity contribution in [1.29, 1.82) is 0 Å². The predicted octanol–water partition coefficient (Wildman–Crippen LogP) is 1.95. The lowest BCUT2D eigenvalue weighted by Crippen LogP contribution is -2.31. The molecule has 1 fully saturated rings. The van der Waals surface area contributed by atoms with Crippen LogP contribution in [0.1, 0.15) is 24.9 Å². The number of para-hydroxylation sites is 1. The molecule has 1 aliphatic rings. The molecule has 2 aromatic rings. The molecule has 5 heteroatoms. The smallest absolute Gasteiger partial charge is 0.257 e. The van der Waals surface area contributed by atoms with Gasteiger partial charge in [0.05, 0.1) is 18.4 Å². The minimum atomic E-state index is -0.477. The van der Waals surface area contributed by atoms with E-state index in [0.29, 0.717) is 5.69 Å². The molecule has 1 unspecified atom stereocenters. The lowest BCUT2D eigenvalue weighted by atomic mass is 10.1. The highest BCUT2D eigenvalue weighted by Crippen LogP contribution is 2.31. The quantitative estimate of drug-likeness (QED) is 0.800. The molecule has 1 aliphatic heterocycles. The van der Waals surface area contributed by atoms with Crippen LogP contribution in [-0.4, -0.2) is 21.4 Å². The number of carbonyl (C=O) groups excluding carboxylic acids is 2. The summed E-state index contributed by atoms with van der Waals surface area (Å²) >= 11 is 0. The van der Waals surface area contributed by atoms with Gasteiger partial charge in [0.25, 0.3) is 5.91 Å². The van der Waals surface area contributed by atoms with E-state index in [2.05, 4.69) is 4.98 Å². The van der Waals surface area contributed by atoms with Crippen LogP contribution in [0.4, 0.5) is 5.69 Å². The number of hydrogen-bond donors (Lipinski definition) is 0. The summed E-state index contributed by atoms with van der Waals surface area (Å²) in [6, 6.07) is 7.06. The molecular weight excluding hydrogens is 254 g/mol. The molecule has 20 heavy (non-hydrogen) atoms. The Morgan fingerprint density at radius 1 is 1.30 bits per heavy atom. The van der Waals surface area contributed by atoms with Crippen molar-refractivity contribution in [2.24, 2.45) is 0 Å². The molecule has 1 aromatic carbocycles. The summed E-state index contributed by atoms with van der Waals surface area (Å²) in [5, 5.41) is 0. The number of benzene rings is 1. The fourth-order valence-corrected chi connectivity index (χ4v) is 2.58. The Bertz CT molecular complexity index is 649. The number of rotatable bonds is 3. The van der Waals surface area contributed by atoms with E-state index >= 15 is 0 Å². The molecule has 0 saturated carbocycles. The van der Waals surface area contributed by atoms with Gasteiger partial charge in [-0.25, -0.2) is 9.88 Å². The van der Waals surface area contributed by atoms with Gasteiger partial charge in [-0.15, -0.1) is 0 Å². The molecule has 1 atom stereocenters. The third kappa shape index (κ3) is 1.91. The average molecular weight is 269 g/mol. The van der Waals surface area contributed by atoms with Crippen LogP contribution in [0.25, 0.3) is 0 Å². The molecule has 102 valence electrons. The number of amides is 2. The Morgan fingerprint density at radius 3 is 2.80 bits per heavy atom. The fourth-order valence-electron chi connectivity index (χ4n) is 2.58. The summed E-state index contributed by atoms with van der Waals surface area (Å²) in [6.07, 6.45) is 5.87. The highest BCUT2D eigenvalue weighted by Gasteiger charge is 2.40. The summed E-state index contributed by atoms with van der Waals surface area (Å²) in [5.41, 5.74) is 1.70. The molecule has 0 N–H and O–H groups in total. The second kappa shape index (κ2) is 4.92. The van der Waals surface area contributed by atoms with Crippen LogP contribution in [0, 0.1) is 0 Å². The number of hydrogen-bond acceptors (Lipinski definition) is 3. The zero-order valence-corrected chi connectivity index (χ0v) is 11.2. The zero-order chi connectivity index (χ0) is 14.1. The first-order chi connectivity index (χ1) is 9.72. The van der Waals surface area contributed by atoms with E-state index in [-0.39, 0.29) is 18.2 Å². The van der Waals surface area contributed by atoms with E-state index in [4.69, 9.17) is 0 Å². The van der Waals surface area contributed by atoms with Crippen molar-refractivity contribution in [3.8, 4) is 0 Å². The first-order valence-electron chi connectivity index (χ1n) is 6.64. The summed E-state index contributed by atoms with van der Waals surface area (Å²) in [7, 11) is 0. The Labute approximate surface area is 116 Å². The van der Waals surface area contributed by atoms with Gasteiger partial charge >= 0.3 is 0 Å². The third-order valence-corrected chi connectivity index (χ3v) is 3.62. The van der Waals surface area contributed by atoms with Gasteiger partial charge in [0.15, 0.2) is 0 Å². The van der Waals surface area contributed by atoms with Gasteiger partial charge in [-0.2, -0.15) is 0 Å². The van der Waals surface area contributed by atoms with Gasteiger partial charge in [0.1, 0.15) is 6.04 Å². The maximum absolute atomic E-state index is 12.5. The number of aromatic nitrogens is 2. The Kier molecular flexibility index (Phi) is 3.10. The van der Waals surface area contributed by atoms with Crippen molar-refractivity contribution in [3.63, 3.8) is 0 Å². The molecule has 0 spiro atoms. The lowest BCUT2D eigenvalue weighted by molar-refractivity contribution is -0.122. The normalized spacial score (nSPS) is 18.9. The maximum Gasteiger partial charge on any atom is 0.257 e. The molecule has 2 amide bonds. The molecule has 1 aromatic heterocycles. The van der Waals surface area contributed by atoms with E-state index in [1.807, 2.05) is 31.2 Å². The predicted molar refractivity (Wildman–Crippen MR) is 74.2 cm³/mol. The van der Waals surface area contributed by atoms with Crippen LogP contribution >= 0.6 is 0 Å². The topological polar surface area (TPSA) is 55.2 Å². The van der Waals surface area contributed by atoms with E-state index in [1.165, 1.54) is 4.90 Å². The van der Waals surface area contributed by atoms with Crippen LogP contribution in [0.15, 0.2) is 43.0 Å². The fraction of sp³-hybridized carbons (Fsp3) is 0.267. The van der Waals surface area contributed by atoms with Crippen molar-refractivity contribution in [1.82, 2.24) is 9.55 Å². The molecule has 3 rings (SSSR count). The number of imidazole rings is 1. The van der Waals surface area contributed by atoms with Gasteiger partial charge in [0, 0.05) is 12.4 Å². The third-order valence-electron chi connectivity index (χ3n) is 3.62.